The van der Waals surface area contributed by atoms with E-state index in [1.54, 1.807) is 0 Å². The Morgan fingerprint density at radius 3 is 2.77 bits per heavy atom. The fourth-order valence-electron chi connectivity index (χ4n) is 2.63. The van der Waals surface area contributed by atoms with Crippen LogP contribution >= 0.6 is 0 Å². The van der Waals surface area contributed by atoms with Crippen LogP contribution < -0.4 is 11.3 Å². The largest absolute Gasteiger partial charge is 0.394 e. The summed E-state index contributed by atoms with van der Waals surface area (Å²) >= 11 is 0. The van der Waals surface area contributed by atoms with Crippen LogP contribution in [0.3, 0.4) is 0 Å². The van der Waals surface area contributed by atoms with Gasteiger partial charge in [-0.25, -0.2) is 4.98 Å². The molecule has 22 heavy (non-hydrogen) atoms. The molecule has 2 aromatic heterocycles. The number of aliphatic hydroxyl groups excluding tert-OH is 4. The second kappa shape index (κ2) is 5.00. The number of nitrogen functional groups attached to an aromatic ring is 1. The Balaban J connectivity index is 2.22. The lowest BCUT2D eigenvalue weighted by Gasteiger charge is -2.31. The minimum Gasteiger partial charge on any atom is -0.394 e. The van der Waals surface area contributed by atoms with Crippen molar-refractivity contribution < 1.29 is 25.2 Å². The molecule has 0 unspecified atom stereocenters. The van der Waals surface area contributed by atoms with Gasteiger partial charge in [-0.2, -0.15) is 4.98 Å². The highest BCUT2D eigenvalue weighted by atomic mass is 16.6. The average molecular weight is 313 g/mol. The molecule has 2 aromatic rings. The van der Waals surface area contributed by atoms with Crippen LogP contribution in [0.1, 0.15) is 0 Å². The van der Waals surface area contributed by atoms with E-state index in [-0.39, 0.29) is 17.1 Å². The van der Waals surface area contributed by atoms with Crippen LogP contribution in [0.5, 0.6) is 0 Å². The van der Waals surface area contributed by atoms with Gasteiger partial charge >= 0.3 is 0 Å². The summed E-state index contributed by atoms with van der Waals surface area (Å²) in [7, 11) is 0. The molecule has 11 heteroatoms. The summed E-state index contributed by atoms with van der Waals surface area (Å²) in [6.07, 6.45) is -2.99. The lowest BCUT2D eigenvalue weighted by molar-refractivity contribution is -0.169. The first-order valence-electron chi connectivity index (χ1n) is 6.43. The van der Waals surface area contributed by atoms with Crippen molar-refractivity contribution in [2.45, 2.75) is 24.0 Å². The molecule has 0 radical (unpaired) electrons. The van der Waals surface area contributed by atoms with Crippen molar-refractivity contribution in [2.75, 3.05) is 18.9 Å². The Bertz CT molecular complexity index is 759. The number of anilines is 1. The normalized spacial score (nSPS) is 31.9. The predicted molar refractivity (Wildman–Crippen MR) is 71.6 cm³/mol. The number of fused-ring (bicyclic) bond motifs is 1. The van der Waals surface area contributed by atoms with Gasteiger partial charge in [-0.1, -0.05) is 0 Å². The summed E-state index contributed by atoms with van der Waals surface area (Å²) in [5.41, 5.74) is 2.96. The van der Waals surface area contributed by atoms with E-state index in [2.05, 4.69) is 15.0 Å². The zero-order chi connectivity index (χ0) is 16.1. The van der Waals surface area contributed by atoms with Crippen molar-refractivity contribution in [1.82, 2.24) is 19.5 Å². The number of rotatable bonds is 3. The highest BCUT2D eigenvalue weighted by Gasteiger charge is 2.55. The van der Waals surface area contributed by atoms with Gasteiger partial charge in [0, 0.05) is 0 Å². The fraction of sp³-hybridized carbons (Fsp3) is 0.545. The number of nitrogens with one attached hydrogen (secondary N) is 1. The molecule has 4 atom stereocenters. The molecule has 3 heterocycles. The third-order valence-electron chi connectivity index (χ3n) is 3.76. The lowest BCUT2D eigenvalue weighted by Crippen LogP contribution is -2.48. The Morgan fingerprint density at radius 1 is 1.45 bits per heavy atom. The quantitative estimate of drug-likeness (QED) is 0.334. The topological polar surface area (TPSA) is 180 Å². The molecule has 3 rings (SSSR count). The van der Waals surface area contributed by atoms with Crippen molar-refractivity contribution in [1.29, 1.82) is 0 Å². The van der Waals surface area contributed by atoms with Gasteiger partial charge in [0.25, 0.3) is 5.56 Å². The van der Waals surface area contributed by atoms with Crippen LogP contribution in [-0.4, -0.2) is 71.5 Å². The van der Waals surface area contributed by atoms with Crippen LogP contribution in [0.4, 0.5) is 5.95 Å². The van der Waals surface area contributed by atoms with Crippen LogP contribution in [0.2, 0.25) is 0 Å². The van der Waals surface area contributed by atoms with Crippen LogP contribution in [-0.2, 0) is 10.5 Å². The van der Waals surface area contributed by atoms with E-state index in [9.17, 15) is 25.2 Å². The van der Waals surface area contributed by atoms with Crippen molar-refractivity contribution in [3.8, 4) is 0 Å². The van der Waals surface area contributed by atoms with Gasteiger partial charge in [0.05, 0.1) is 19.5 Å². The SMILES string of the molecule is Nc1nc2c(ncn2[C@]2(CO)O[C@H](CO)[C@@H](O)[C@H]2O)c(=O)[nH]1. The Labute approximate surface area is 122 Å². The minimum absolute atomic E-state index is 0.0276. The van der Waals surface area contributed by atoms with E-state index < -0.39 is 42.8 Å². The molecular weight excluding hydrogens is 298 g/mol. The smallest absolute Gasteiger partial charge is 0.280 e. The Hall–Kier alpha value is -2.05. The summed E-state index contributed by atoms with van der Waals surface area (Å²) in [5.74, 6) is -0.181. The van der Waals surface area contributed by atoms with E-state index in [4.69, 9.17) is 10.5 Å². The Kier molecular flexibility index (Phi) is 3.38. The highest BCUT2D eigenvalue weighted by molar-refractivity contribution is 5.70. The monoisotopic (exact) mass is 313 g/mol. The van der Waals surface area contributed by atoms with E-state index in [1.807, 2.05) is 0 Å². The lowest BCUT2D eigenvalue weighted by atomic mass is 10.0. The molecule has 1 aliphatic rings. The number of imidazole rings is 1. The third-order valence-corrected chi connectivity index (χ3v) is 3.76. The summed E-state index contributed by atoms with van der Waals surface area (Å²) < 4.78 is 6.56. The summed E-state index contributed by atoms with van der Waals surface area (Å²) in [6.45, 7) is -1.32. The van der Waals surface area contributed by atoms with Gasteiger partial charge in [-0.15, -0.1) is 0 Å². The zero-order valence-corrected chi connectivity index (χ0v) is 11.2. The standard InChI is InChI=1S/C11H15N5O6/c12-10-14-8-5(9(21)15-10)13-3-16(8)11(2-18)7(20)6(19)4(1-17)22-11/h3-4,6-7,17-20H,1-2H2,(H3,12,14,15,21)/t4-,6-,7-,11-/m1/s1. The van der Waals surface area contributed by atoms with E-state index >= 15 is 0 Å². The average Bonchev–Trinajstić information content (AvgIpc) is 3.01. The Morgan fingerprint density at radius 2 is 2.18 bits per heavy atom. The van der Waals surface area contributed by atoms with E-state index in [0.717, 1.165) is 10.9 Å². The molecule has 7 N–H and O–H groups in total. The van der Waals surface area contributed by atoms with Gasteiger partial charge in [-0.05, 0) is 0 Å². The van der Waals surface area contributed by atoms with Gasteiger partial charge in [-0.3, -0.25) is 14.3 Å². The van der Waals surface area contributed by atoms with Gasteiger partial charge in [0.1, 0.15) is 18.3 Å². The molecule has 0 amide bonds. The second-order valence-corrected chi connectivity index (χ2v) is 5.02. The van der Waals surface area contributed by atoms with Crippen LogP contribution in [0, 0.1) is 0 Å². The molecule has 0 saturated carbocycles. The number of aromatic nitrogens is 4. The number of ether oxygens (including phenoxy) is 1. The fourth-order valence-corrected chi connectivity index (χ4v) is 2.63. The number of H-pyrrole nitrogens is 1. The van der Waals surface area contributed by atoms with E-state index in [0.29, 0.717) is 0 Å². The number of hydrogen-bond acceptors (Lipinski definition) is 9. The first-order chi connectivity index (χ1) is 10.4. The number of nitrogens with zero attached hydrogens (tertiary/aromatic N) is 3. The van der Waals surface area contributed by atoms with Crippen LogP contribution in [0.15, 0.2) is 11.1 Å². The van der Waals surface area contributed by atoms with Crippen molar-refractivity contribution >= 4 is 17.1 Å². The second-order valence-electron chi connectivity index (χ2n) is 5.02. The summed E-state index contributed by atoms with van der Waals surface area (Å²) in [6, 6.07) is 0. The van der Waals surface area contributed by atoms with Gasteiger partial charge in [0.15, 0.2) is 16.9 Å². The summed E-state index contributed by atoms with van der Waals surface area (Å²) in [4.78, 5) is 21.8. The molecule has 0 aromatic carbocycles. The molecule has 1 fully saturated rings. The maximum absolute atomic E-state index is 11.8. The minimum atomic E-state index is -1.84. The molecule has 1 saturated heterocycles. The first-order valence-corrected chi connectivity index (χ1v) is 6.43. The maximum Gasteiger partial charge on any atom is 0.280 e. The molecule has 0 spiro atoms. The number of nitrogens with two attached hydrogens (primary N) is 1. The van der Waals surface area contributed by atoms with Gasteiger partial charge < -0.3 is 30.9 Å². The highest BCUT2D eigenvalue weighted by Crippen LogP contribution is 2.36. The summed E-state index contributed by atoms with van der Waals surface area (Å²) in [5, 5.41) is 39.1. The molecule has 0 bridgehead atoms. The van der Waals surface area contributed by atoms with Crippen molar-refractivity contribution in [3.05, 3.63) is 16.7 Å². The molecule has 11 nitrogen and oxygen atoms in total. The first kappa shape index (κ1) is 14.9. The van der Waals surface area contributed by atoms with Crippen LogP contribution in [0.25, 0.3) is 11.2 Å². The molecule has 0 aliphatic carbocycles. The van der Waals surface area contributed by atoms with Gasteiger partial charge in [0.2, 0.25) is 5.95 Å². The third kappa shape index (κ3) is 1.84. The number of aromatic amines is 1. The van der Waals surface area contributed by atoms with Crippen molar-refractivity contribution in [2.24, 2.45) is 0 Å². The molecule has 1 aliphatic heterocycles. The number of hydrogen-bond donors (Lipinski definition) is 6. The van der Waals surface area contributed by atoms with Crippen molar-refractivity contribution in [3.63, 3.8) is 0 Å². The molecule has 120 valence electrons. The van der Waals surface area contributed by atoms with E-state index in [1.165, 1.54) is 0 Å². The molecular formula is C11H15N5O6. The zero-order valence-electron chi connectivity index (χ0n) is 11.2. The number of aliphatic hydroxyl groups is 4. The maximum atomic E-state index is 11.8. The predicted octanol–water partition coefficient (Wildman–Crippen LogP) is -3.54.